The molecule has 10 nitrogen and oxygen atoms in total. The van der Waals surface area contributed by atoms with Crippen LogP contribution in [0.25, 0.3) is 0 Å². The Morgan fingerprint density at radius 1 is 1.05 bits per heavy atom. The first-order valence-corrected chi connectivity index (χ1v) is 10.1. The van der Waals surface area contributed by atoms with Gasteiger partial charge in [0, 0.05) is 12.1 Å². The molecule has 4 N–H and O–H groups in total. The van der Waals surface area contributed by atoms with E-state index in [1.54, 1.807) is 5.32 Å². The topological polar surface area (TPSA) is 137 Å². The molecule has 0 fully saturated rings. The van der Waals surface area contributed by atoms with E-state index in [1.165, 1.54) is 0 Å². The summed E-state index contributed by atoms with van der Waals surface area (Å²) in [5, 5.41) is 14.7. The summed E-state index contributed by atoms with van der Waals surface area (Å²) < 4.78 is 132. The molecule has 1 heterocycles. The van der Waals surface area contributed by atoms with Crippen LogP contribution in [0.5, 0.6) is 0 Å². The summed E-state index contributed by atoms with van der Waals surface area (Å²) in [5.41, 5.74) is -4.87. The molecule has 4 amide bonds. The maximum absolute atomic E-state index is 13.8. The van der Waals surface area contributed by atoms with Crippen LogP contribution in [0, 0.1) is 11.6 Å². The lowest BCUT2D eigenvalue weighted by Crippen LogP contribution is -2.61. The average molecular weight is 586 g/mol. The second kappa shape index (κ2) is 10.7. The van der Waals surface area contributed by atoms with Gasteiger partial charge in [-0.05, 0) is 6.92 Å². The first-order valence-electron chi connectivity index (χ1n) is 10.1. The number of nitrogens with zero attached hydrogens (tertiary/aromatic N) is 1. The van der Waals surface area contributed by atoms with Gasteiger partial charge >= 0.3 is 24.4 Å². The molecule has 1 aromatic rings. The van der Waals surface area contributed by atoms with Crippen molar-refractivity contribution in [2.45, 2.75) is 36.8 Å². The van der Waals surface area contributed by atoms with Crippen molar-refractivity contribution in [3.05, 3.63) is 23.8 Å². The van der Waals surface area contributed by atoms with Crippen LogP contribution in [0.15, 0.2) is 12.1 Å². The molecule has 1 aliphatic heterocycles. The Hall–Kier alpha value is -3.84. The third-order valence-corrected chi connectivity index (χ3v) is 4.92. The number of anilines is 2. The molecule has 1 aliphatic rings. The number of alkyl halides is 8. The van der Waals surface area contributed by atoms with Gasteiger partial charge in [-0.3, -0.25) is 19.3 Å². The van der Waals surface area contributed by atoms with Crippen LogP contribution >= 0.6 is 0 Å². The third kappa shape index (κ3) is 7.39. The zero-order chi connectivity index (χ0) is 30.1. The number of benzene rings is 1. The number of ether oxygens (including phenoxy) is 1. The van der Waals surface area contributed by atoms with E-state index in [4.69, 9.17) is 0 Å². The molecule has 39 heavy (non-hydrogen) atoms. The van der Waals surface area contributed by atoms with Gasteiger partial charge in [-0.1, -0.05) is 0 Å². The van der Waals surface area contributed by atoms with Gasteiger partial charge in [0.05, 0.1) is 24.5 Å². The van der Waals surface area contributed by atoms with Crippen molar-refractivity contribution in [3.8, 4) is 0 Å². The van der Waals surface area contributed by atoms with E-state index in [9.17, 15) is 68.2 Å². The molecule has 0 aliphatic carbocycles. The number of hydrogen-bond donors (Lipinski definition) is 4. The fourth-order valence-electron chi connectivity index (χ4n) is 2.81. The zero-order valence-electron chi connectivity index (χ0n) is 19.1. The first-order chi connectivity index (χ1) is 17.6. The van der Waals surface area contributed by atoms with Crippen molar-refractivity contribution in [1.82, 2.24) is 10.6 Å². The SMILES string of the molecule is CC(O)(C(=O)NCC(F)(F)C(F)(F)F)C(=O)NC1CN(C(=O)OCC(F)(F)F)c2cc(F)c(F)cc2NC1=O. The number of carbonyl (C=O) groups is 4. The van der Waals surface area contributed by atoms with Gasteiger partial charge in [0.2, 0.25) is 11.5 Å². The summed E-state index contributed by atoms with van der Waals surface area (Å²) >= 11 is 0. The molecule has 0 saturated heterocycles. The molecule has 218 valence electrons. The number of nitrogens with one attached hydrogen (secondary N) is 3. The maximum Gasteiger partial charge on any atom is 0.455 e. The molecule has 1 aromatic carbocycles. The number of amides is 4. The Labute approximate surface area is 210 Å². The summed E-state index contributed by atoms with van der Waals surface area (Å²) in [6, 6.07) is -1.51. The number of fused-ring (bicyclic) bond motifs is 1. The van der Waals surface area contributed by atoms with E-state index >= 15 is 0 Å². The fraction of sp³-hybridized carbons (Fsp3) is 0.474. The van der Waals surface area contributed by atoms with Crippen molar-refractivity contribution < 1.29 is 72.9 Å². The summed E-state index contributed by atoms with van der Waals surface area (Å²) in [7, 11) is 0. The molecule has 0 spiro atoms. The predicted octanol–water partition coefficient (Wildman–Crippen LogP) is 1.97. The Morgan fingerprint density at radius 3 is 2.15 bits per heavy atom. The van der Waals surface area contributed by atoms with Crippen molar-refractivity contribution in [2.24, 2.45) is 0 Å². The Morgan fingerprint density at radius 2 is 1.62 bits per heavy atom. The minimum Gasteiger partial charge on any atom is -0.439 e. The normalized spacial score (nSPS) is 17.8. The Balaban J connectivity index is 2.30. The van der Waals surface area contributed by atoms with Crippen LogP contribution in [-0.4, -0.2) is 78.5 Å². The number of carbonyl (C=O) groups excluding carboxylic acids is 4. The molecule has 0 aromatic heterocycles. The molecule has 2 atom stereocenters. The number of halogens is 10. The molecular weight excluding hydrogens is 570 g/mol. The highest BCUT2D eigenvalue weighted by Crippen LogP contribution is 2.35. The highest BCUT2D eigenvalue weighted by molar-refractivity contribution is 6.10. The van der Waals surface area contributed by atoms with Crippen molar-refractivity contribution in [3.63, 3.8) is 0 Å². The molecule has 0 bridgehead atoms. The second-order valence-electron chi connectivity index (χ2n) is 8.04. The Kier molecular flexibility index (Phi) is 8.63. The molecule has 20 heteroatoms. The van der Waals surface area contributed by atoms with Crippen molar-refractivity contribution in [1.29, 1.82) is 0 Å². The monoisotopic (exact) mass is 586 g/mol. The van der Waals surface area contributed by atoms with E-state index in [2.05, 4.69) is 4.74 Å². The van der Waals surface area contributed by atoms with Crippen molar-refractivity contribution in [2.75, 3.05) is 29.9 Å². The minimum absolute atomic E-state index is 0.158. The lowest BCUT2D eigenvalue weighted by atomic mass is 10.0. The fourth-order valence-corrected chi connectivity index (χ4v) is 2.81. The van der Waals surface area contributed by atoms with Crippen LogP contribution in [0.3, 0.4) is 0 Å². The van der Waals surface area contributed by atoms with E-state index in [0.29, 0.717) is 13.0 Å². The quantitative estimate of drug-likeness (QED) is 0.297. The average Bonchev–Trinajstić information content (AvgIpc) is 2.91. The molecule has 2 rings (SSSR count). The van der Waals surface area contributed by atoms with Crippen molar-refractivity contribution >= 4 is 35.2 Å². The van der Waals surface area contributed by atoms with E-state index in [0.717, 1.165) is 5.32 Å². The number of rotatable bonds is 6. The minimum atomic E-state index is -6.11. The summed E-state index contributed by atoms with van der Waals surface area (Å²) in [6.45, 7) is -5.42. The predicted molar refractivity (Wildman–Crippen MR) is 106 cm³/mol. The van der Waals surface area contributed by atoms with Gasteiger partial charge in [0.25, 0.3) is 11.8 Å². The van der Waals surface area contributed by atoms with Crippen LogP contribution in [-0.2, 0) is 19.1 Å². The first kappa shape index (κ1) is 31.4. The largest absolute Gasteiger partial charge is 0.455 e. The lowest BCUT2D eigenvalue weighted by molar-refractivity contribution is -0.278. The number of hydrogen-bond acceptors (Lipinski definition) is 6. The van der Waals surface area contributed by atoms with E-state index in [1.807, 2.05) is 5.32 Å². The van der Waals surface area contributed by atoms with Crippen LogP contribution in [0.2, 0.25) is 0 Å². The van der Waals surface area contributed by atoms with Gasteiger partial charge in [-0.25, -0.2) is 13.6 Å². The number of aliphatic hydroxyl groups is 1. The smallest absolute Gasteiger partial charge is 0.439 e. The van der Waals surface area contributed by atoms with Crippen LogP contribution in [0.4, 0.5) is 60.1 Å². The summed E-state index contributed by atoms with van der Waals surface area (Å²) in [4.78, 5) is 49.5. The standard InChI is InChI=1S/C19H16F10N4O6/c1-16(38,13(35)30-5-17(22,23)19(27,28)29)14(36)32-10-4-33(15(37)39-6-18(24,25)26)11-3-8(21)7(20)2-9(11)31-12(10)34/h2-3,10,38H,4-6H2,1H3,(H,30,35)(H,31,34)(H,32,36). The molecule has 0 radical (unpaired) electrons. The highest BCUT2D eigenvalue weighted by atomic mass is 19.4. The molecule has 2 unspecified atom stereocenters. The zero-order valence-corrected chi connectivity index (χ0v) is 19.1. The van der Waals surface area contributed by atoms with Gasteiger partial charge in [-0.15, -0.1) is 0 Å². The van der Waals surface area contributed by atoms with Gasteiger partial charge in [0.1, 0.15) is 6.04 Å². The third-order valence-electron chi connectivity index (χ3n) is 4.92. The summed E-state index contributed by atoms with van der Waals surface area (Å²) in [5.74, 6) is -14.1. The van der Waals surface area contributed by atoms with Crippen LogP contribution in [0.1, 0.15) is 6.92 Å². The van der Waals surface area contributed by atoms with Crippen LogP contribution < -0.4 is 20.9 Å². The lowest BCUT2D eigenvalue weighted by Gasteiger charge is -2.28. The van der Waals surface area contributed by atoms with Gasteiger partial charge < -0.3 is 25.8 Å². The summed E-state index contributed by atoms with van der Waals surface area (Å²) in [6.07, 6.45) is -13.0. The van der Waals surface area contributed by atoms with Gasteiger partial charge in [0.15, 0.2) is 18.2 Å². The maximum atomic E-state index is 13.8. The molecular formula is C19H16F10N4O6. The molecule has 0 saturated carbocycles. The van der Waals surface area contributed by atoms with E-state index in [-0.39, 0.29) is 11.0 Å². The second-order valence-corrected chi connectivity index (χ2v) is 8.04. The van der Waals surface area contributed by atoms with Gasteiger partial charge in [-0.2, -0.15) is 35.1 Å². The highest BCUT2D eigenvalue weighted by Gasteiger charge is 2.58. The van der Waals surface area contributed by atoms with E-state index < -0.39 is 96.4 Å². The Bertz CT molecular complexity index is 1150.